The van der Waals surface area contributed by atoms with Gasteiger partial charge in [0.2, 0.25) is 0 Å². The Bertz CT molecular complexity index is 330. The fourth-order valence-electron chi connectivity index (χ4n) is 1.45. The molecule has 1 atom stereocenters. The van der Waals surface area contributed by atoms with Crippen molar-refractivity contribution in [1.82, 2.24) is 4.57 Å². The van der Waals surface area contributed by atoms with E-state index in [0.717, 1.165) is 6.42 Å². The van der Waals surface area contributed by atoms with Gasteiger partial charge in [-0.3, -0.25) is 4.79 Å². The minimum Gasteiger partial charge on any atom is -0.480 e. The summed E-state index contributed by atoms with van der Waals surface area (Å²) < 4.78 is 1.50. The molecule has 1 heterocycles. The molecule has 1 aromatic rings. The average Bonchev–Trinajstić information content (AvgIpc) is 2.61. The van der Waals surface area contributed by atoms with E-state index in [-0.39, 0.29) is 0 Å². The Morgan fingerprint density at radius 2 is 2.43 bits per heavy atom. The molecular formula is C10H13NO3. The van der Waals surface area contributed by atoms with E-state index >= 15 is 0 Å². The molecular weight excluding hydrogens is 182 g/mol. The molecule has 0 aromatic carbocycles. The minimum atomic E-state index is -0.897. The molecule has 0 aliphatic rings. The number of aliphatic carboxylic acids is 1. The van der Waals surface area contributed by atoms with Gasteiger partial charge in [-0.1, -0.05) is 13.3 Å². The number of carbonyl (C=O) groups excluding carboxylic acids is 1. The summed E-state index contributed by atoms with van der Waals surface area (Å²) in [6, 6.07) is 2.66. The number of hydrogen-bond acceptors (Lipinski definition) is 2. The second-order valence-corrected chi connectivity index (χ2v) is 3.10. The van der Waals surface area contributed by atoms with Crippen LogP contribution in [-0.2, 0) is 4.79 Å². The summed E-state index contributed by atoms with van der Waals surface area (Å²) in [7, 11) is 0. The first-order valence-electron chi connectivity index (χ1n) is 4.55. The highest BCUT2D eigenvalue weighted by molar-refractivity contribution is 5.76. The van der Waals surface area contributed by atoms with Crippen molar-refractivity contribution in [2.45, 2.75) is 25.8 Å². The number of carbonyl (C=O) groups is 2. The van der Waals surface area contributed by atoms with Gasteiger partial charge in [0.1, 0.15) is 6.04 Å². The number of carboxylic acid groups (broad SMARTS) is 1. The Morgan fingerprint density at radius 3 is 2.93 bits per heavy atom. The van der Waals surface area contributed by atoms with Gasteiger partial charge in [-0.15, -0.1) is 0 Å². The molecule has 14 heavy (non-hydrogen) atoms. The molecule has 0 unspecified atom stereocenters. The van der Waals surface area contributed by atoms with Crippen LogP contribution in [0.25, 0.3) is 0 Å². The number of carboxylic acids is 1. The Labute approximate surface area is 82.2 Å². The Hall–Kier alpha value is -1.58. The maximum Gasteiger partial charge on any atom is 0.326 e. The van der Waals surface area contributed by atoms with Gasteiger partial charge < -0.3 is 9.67 Å². The van der Waals surface area contributed by atoms with Crippen molar-refractivity contribution in [2.75, 3.05) is 0 Å². The topological polar surface area (TPSA) is 59.3 Å². The normalized spacial score (nSPS) is 12.4. The molecule has 0 amide bonds. The summed E-state index contributed by atoms with van der Waals surface area (Å²) >= 11 is 0. The van der Waals surface area contributed by atoms with Gasteiger partial charge in [0.05, 0.1) is 5.69 Å². The van der Waals surface area contributed by atoms with E-state index in [1.165, 1.54) is 4.57 Å². The first-order valence-corrected chi connectivity index (χ1v) is 4.55. The average molecular weight is 195 g/mol. The first kappa shape index (κ1) is 10.5. The zero-order chi connectivity index (χ0) is 10.6. The van der Waals surface area contributed by atoms with Gasteiger partial charge in [0, 0.05) is 6.20 Å². The van der Waals surface area contributed by atoms with E-state index in [0.29, 0.717) is 18.4 Å². The monoisotopic (exact) mass is 195 g/mol. The second kappa shape index (κ2) is 4.60. The quantitative estimate of drug-likeness (QED) is 0.728. The maximum absolute atomic E-state index is 10.9. The highest BCUT2D eigenvalue weighted by Gasteiger charge is 2.19. The van der Waals surface area contributed by atoms with Crippen LogP contribution in [0, 0.1) is 0 Å². The van der Waals surface area contributed by atoms with Crippen molar-refractivity contribution < 1.29 is 14.7 Å². The van der Waals surface area contributed by atoms with E-state index in [1.807, 2.05) is 6.92 Å². The summed E-state index contributed by atoms with van der Waals surface area (Å²) in [5, 5.41) is 8.96. The van der Waals surface area contributed by atoms with E-state index in [4.69, 9.17) is 5.11 Å². The first-order chi connectivity index (χ1) is 6.70. The van der Waals surface area contributed by atoms with Crippen LogP contribution in [0.15, 0.2) is 18.3 Å². The van der Waals surface area contributed by atoms with Crippen LogP contribution in [-0.4, -0.2) is 21.9 Å². The van der Waals surface area contributed by atoms with Crippen LogP contribution in [0.3, 0.4) is 0 Å². The van der Waals surface area contributed by atoms with E-state index < -0.39 is 12.0 Å². The van der Waals surface area contributed by atoms with Crippen molar-refractivity contribution in [2.24, 2.45) is 0 Å². The fourth-order valence-corrected chi connectivity index (χ4v) is 1.45. The predicted octanol–water partition coefficient (Wildman–Crippen LogP) is 1.73. The smallest absolute Gasteiger partial charge is 0.326 e. The number of aromatic nitrogens is 1. The highest BCUT2D eigenvalue weighted by Crippen LogP contribution is 2.16. The third kappa shape index (κ3) is 2.02. The zero-order valence-electron chi connectivity index (χ0n) is 8.01. The fraction of sp³-hybridized carbons (Fsp3) is 0.400. The van der Waals surface area contributed by atoms with Crippen LogP contribution in [0.4, 0.5) is 0 Å². The molecule has 1 aromatic heterocycles. The number of aldehydes is 1. The lowest BCUT2D eigenvalue weighted by atomic mass is 10.1. The van der Waals surface area contributed by atoms with Crippen LogP contribution >= 0.6 is 0 Å². The SMILES string of the molecule is CCC[C@H](C(=O)O)n1cccc1C=O. The van der Waals surface area contributed by atoms with Crippen LogP contribution < -0.4 is 0 Å². The van der Waals surface area contributed by atoms with Gasteiger partial charge in [-0.05, 0) is 18.6 Å². The Kier molecular flexibility index (Phi) is 3.45. The molecule has 4 nitrogen and oxygen atoms in total. The second-order valence-electron chi connectivity index (χ2n) is 3.10. The Morgan fingerprint density at radius 1 is 1.71 bits per heavy atom. The van der Waals surface area contributed by atoms with Crippen molar-refractivity contribution in [3.8, 4) is 0 Å². The van der Waals surface area contributed by atoms with Gasteiger partial charge >= 0.3 is 5.97 Å². The summed E-state index contributed by atoms with van der Waals surface area (Å²) in [4.78, 5) is 21.5. The number of hydrogen-bond donors (Lipinski definition) is 1. The lowest BCUT2D eigenvalue weighted by Crippen LogP contribution is -2.19. The third-order valence-electron chi connectivity index (χ3n) is 2.12. The molecule has 0 fully saturated rings. The molecule has 0 spiro atoms. The van der Waals surface area contributed by atoms with Crippen LogP contribution in [0.1, 0.15) is 36.3 Å². The molecule has 0 aliphatic carbocycles. The third-order valence-corrected chi connectivity index (χ3v) is 2.12. The molecule has 0 saturated carbocycles. The standard InChI is InChI=1S/C10H13NO3/c1-2-4-9(10(13)14)11-6-3-5-8(11)7-12/h3,5-7,9H,2,4H2,1H3,(H,13,14)/t9-/m1/s1. The summed E-state index contributed by atoms with van der Waals surface area (Å²) in [5.41, 5.74) is 0.408. The van der Waals surface area contributed by atoms with E-state index in [9.17, 15) is 9.59 Å². The van der Waals surface area contributed by atoms with Gasteiger partial charge in [0.15, 0.2) is 6.29 Å². The molecule has 1 N–H and O–H groups in total. The van der Waals surface area contributed by atoms with Gasteiger partial charge in [-0.25, -0.2) is 4.79 Å². The molecule has 0 radical (unpaired) electrons. The maximum atomic E-state index is 10.9. The molecule has 0 aliphatic heterocycles. The highest BCUT2D eigenvalue weighted by atomic mass is 16.4. The number of nitrogens with zero attached hydrogens (tertiary/aromatic N) is 1. The summed E-state index contributed by atoms with van der Waals surface area (Å²) in [6.45, 7) is 1.92. The zero-order valence-corrected chi connectivity index (χ0v) is 8.01. The summed E-state index contributed by atoms with van der Waals surface area (Å²) in [6.07, 6.45) is 3.60. The van der Waals surface area contributed by atoms with Crippen molar-refractivity contribution >= 4 is 12.3 Å². The van der Waals surface area contributed by atoms with Gasteiger partial charge in [-0.2, -0.15) is 0 Å². The molecule has 0 saturated heterocycles. The molecule has 1 rings (SSSR count). The lowest BCUT2D eigenvalue weighted by molar-refractivity contribution is -0.141. The molecule has 4 heteroatoms. The van der Waals surface area contributed by atoms with Crippen molar-refractivity contribution in [3.63, 3.8) is 0 Å². The van der Waals surface area contributed by atoms with Gasteiger partial charge in [0.25, 0.3) is 0 Å². The summed E-state index contributed by atoms with van der Waals surface area (Å²) in [5.74, 6) is -0.897. The van der Waals surface area contributed by atoms with Crippen molar-refractivity contribution in [3.05, 3.63) is 24.0 Å². The van der Waals surface area contributed by atoms with E-state index in [1.54, 1.807) is 18.3 Å². The number of rotatable bonds is 5. The van der Waals surface area contributed by atoms with E-state index in [2.05, 4.69) is 0 Å². The van der Waals surface area contributed by atoms with Crippen LogP contribution in [0.5, 0.6) is 0 Å². The largest absolute Gasteiger partial charge is 0.480 e. The molecule has 0 bridgehead atoms. The minimum absolute atomic E-state index is 0.408. The van der Waals surface area contributed by atoms with Crippen LogP contribution in [0.2, 0.25) is 0 Å². The lowest BCUT2D eigenvalue weighted by Gasteiger charge is -2.14. The predicted molar refractivity (Wildman–Crippen MR) is 51.4 cm³/mol. The molecule has 76 valence electrons. The Balaban J connectivity index is 2.97. The van der Waals surface area contributed by atoms with Crippen molar-refractivity contribution in [1.29, 1.82) is 0 Å².